The Balaban J connectivity index is 2.51. The number of nitrogens with zero attached hydrogens (tertiary/aromatic N) is 1. The van der Waals surface area contributed by atoms with Gasteiger partial charge in [0.05, 0.1) is 12.6 Å². The molecule has 0 saturated heterocycles. The van der Waals surface area contributed by atoms with E-state index in [0.717, 1.165) is 4.90 Å². The summed E-state index contributed by atoms with van der Waals surface area (Å²) in [4.78, 5) is 37.1. The molecule has 0 aromatic heterocycles. The summed E-state index contributed by atoms with van der Waals surface area (Å²) >= 11 is 0. The predicted octanol–water partition coefficient (Wildman–Crippen LogP) is 1.46. The van der Waals surface area contributed by atoms with Crippen molar-refractivity contribution in [1.82, 2.24) is 0 Å². The molecule has 6 heteroatoms. The first-order chi connectivity index (χ1) is 12.0. The zero-order chi connectivity index (χ0) is 18.2. The standard InChI is InChI=1S/C19H19NO5/c1-2-25-19(24)18(23)20(15-11-7-4-8-12-15)16(13-17(21)22)14-9-5-3-6-10-14/h3-12,16H,2,13H2,1H3,(H,21,22)/p-1/t16-/m0/s1. The molecule has 0 spiro atoms. The summed E-state index contributed by atoms with van der Waals surface area (Å²) in [6.07, 6.45) is -0.454. The molecule has 0 aliphatic rings. The highest BCUT2D eigenvalue weighted by Gasteiger charge is 2.32. The maximum atomic E-state index is 12.7. The number of anilines is 1. The van der Waals surface area contributed by atoms with E-state index < -0.39 is 30.3 Å². The fraction of sp³-hybridized carbons (Fsp3) is 0.211. The predicted molar refractivity (Wildman–Crippen MR) is 89.4 cm³/mol. The number of hydrogen-bond acceptors (Lipinski definition) is 5. The Morgan fingerprint density at radius 3 is 2.08 bits per heavy atom. The lowest BCUT2D eigenvalue weighted by Crippen LogP contribution is -2.42. The van der Waals surface area contributed by atoms with Gasteiger partial charge in [-0.3, -0.25) is 9.69 Å². The van der Waals surface area contributed by atoms with Gasteiger partial charge in [0, 0.05) is 18.1 Å². The molecule has 1 amide bonds. The molecule has 0 aliphatic carbocycles. The topological polar surface area (TPSA) is 86.7 Å². The van der Waals surface area contributed by atoms with Crippen LogP contribution >= 0.6 is 0 Å². The Bertz CT molecular complexity index is 730. The zero-order valence-corrected chi connectivity index (χ0v) is 13.8. The van der Waals surface area contributed by atoms with Crippen molar-refractivity contribution in [3.05, 3.63) is 66.2 Å². The molecule has 0 unspecified atom stereocenters. The molecule has 0 N–H and O–H groups in total. The molecular formula is C19H18NO5-. The SMILES string of the molecule is CCOC(=O)C(=O)N(c1ccccc1)[C@@H](CC(=O)[O-])c1ccccc1. The van der Waals surface area contributed by atoms with E-state index in [2.05, 4.69) is 0 Å². The van der Waals surface area contributed by atoms with Crippen molar-refractivity contribution in [2.45, 2.75) is 19.4 Å². The van der Waals surface area contributed by atoms with Gasteiger partial charge in [-0.25, -0.2) is 4.79 Å². The fourth-order valence-corrected chi connectivity index (χ4v) is 2.51. The van der Waals surface area contributed by atoms with Crippen LogP contribution in [0.1, 0.15) is 24.9 Å². The average Bonchev–Trinajstić information content (AvgIpc) is 2.62. The summed E-state index contributed by atoms with van der Waals surface area (Å²) in [5.74, 6) is -3.29. The molecule has 2 aromatic carbocycles. The van der Waals surface area contributed by atoms with Crippen molar-refractivity contribution in [3.8, 4) is 0 Å². The van der Waals surface area contributed by atoms with Crippen LogP contribution in [0, 0.1) is 0 Å². The van der Waals surface area contributed by atoms with Crippen molar-refractivity contribution >= 4 is 23.5 Å². The third-order valence-corrected chi connectivity index (χ3v) is 3.56. The summed E-state index contributed by atoms with van der Waals surface area (Å²) < 4.78 is 4.80. The Morgan fingerprint density at radius 2 is 1.56 bits per heavy atom. The first-order valence-electron chi connectivity index (χ1n) is 7.84. The Labute approximate surface area is 145 Å². The number of aliphatic carboxylic acids is 1. The van der Waals surface area contributed by atoms with Crippen LogP contribution in [0.25, 0.3) is 0 Å². The van der Waals surface area contributed by atoms with Gasteiger partial charge < -0.3 is 14.6 Å². The summed E-state index contributed by atoms with van der Waals surface area (Å²) in [6.45, 7) is 1.64. The van der Waals surface area contributed by atoms with E-state index in [-0.39, 0.29) is 6.61 Å². The van der Waals surface area contributed by atoms with Crippen LogP contribution in [-0.4, -0.2) is 24.5 Å². The maximum Gasteiger partial charge on any atom is 0.397 e. The van der Waals surface area contributed by atoms with Gasteiger partial charge in [0.25, 0.3) is 0 Å². The van der Waals surface area contributed by atoms with Crippen molar-refractivity contribution in [1.29, 1.82) is 0 Å². The third kappa shape index (κ3) is 4.67. The van der Waals surface area contributed by atoms with E-state index in [9.17, 15) is 19.5 Å². The van der Waals surface area contributed by atoms with Gasteiger partial charge in [-0.1, -0.05) is 48.5 Å². The molecule has 0 aliphatic heterocycles. The number of carbonyl (C=O) groups excluding carboxylic acids is 3. The molecule has 0 fully saturated rings. The van der Waals surface area contributed by atoms with E-state index in [0.29, 0.717) is 11.3 Å². The number of para-hydroxylation sites is 1. The zero-order valence-electron chi connectivity index (χ0n) is 13.8. The minimum Gasteiger partial charge on any atom is -0.550 e. The van der Waals surface area contributed by atoms with Crippen molar-refractivity contribution < 1.29 is 24.2 Å². The summed E-state index contributed by atoms with van der Waals surface area (Å²) in [7, 11) is 0. The molecule has 0 bridgehead atoms. The first kappa shape index (κ1) is 18.2. The Kier molecular flexibility index (Phi) is 6.28. The van der Waals surface area contributed by atoms with Crippen LogP contribution < -0.4 is 10.0 Å². The Morgan fingerprint density at radius 1 is 1.00 bits per heavy atom. The molecule has 130 valence electrons. The van der Waals surface area contributed by atoms with E-state index >= 15 is 0 Å². The molecule has 2 rings (SSSR count). The second-order valence-electron chi connectivity index (χ2n) is 5.23. The van der Waals surface area contributed by atoms with E-state index in [1.165, 1.54) is 0 Å². The monoisotopic (exact) mass is 340 g/mol. The number of carboxylic acid groups (broad SMARTS) is 1. The number of ether oxygens (including phenoxy) is 1. The highest BCUT2D eigenvalue weighted by Crippen LogP contribution is 2.30. The van der Waals surface area contributed by atoms with Crippen molar-refractivity contribution in [2.24, 2.45) is 0 Å². The molecule has 0 heterocycles. The number of rotatable bonds is 6. The van der Waals surface area contributed by atoms with Gasteiger partial charge in [0.2, 0.25) is 0 Å². The number of hydrogen-bond donors (Lipinski definition) is 0. The highest BCUT2D eigenvalue weighted by atomic mass is 16.5. The van der Waals surface area contributed by atoms with Gasteiger partial charge in [-0.2, -0.15) is 0 Å². The normalized spacial score (nSPS) is 11.4. The smallest absolute Gasteiger partial charge is 0.397 e. The summed E-state index contributed by atoms with van der Waals surface area (Å²) in [6, 6.07) is 16.1. The van der Waals surface area contributed by atoms with Crippen LogP contribution in [0.4, 0.5) is 5.69 Å². The lowest BCUT2D eigenvalue weighted by molar-refractivity contribution is -0.306. The van der Waals surface area contributed by atoms with Gasteiger partial charge in [0.15, 0.2) is 0 Å². The molecule has 25 heavy (non-hydrogen) atoms. The van der Waals surface area contributed by atoms with Crippen LogP contribution in [0.15, 0.2) is 60.7 Å². The lowest BCUT2D eigenvalue weighted by atomic mass is 10.0. The highest BCUT2D eigenvalue weighted by molar-refractivity contribution is 6.38. The Hall–Kier alpha value is -3.15. The van der Waals surface area contributed by atoms with Crippen LogP contribution in [0.5, 0.6) is 0 Å². The fourth-order valence-electron chi connectivity index (χ4n) is 2.51. The summed E-state index contributed by atoms with van der Waals surface area (Å²) in [5, 5.41) is 11.3. The van der Waals surface area contributed by atoms with Crippen molar-refractivity contribution in [3.63, 3.8) is 0 Å². The lowest BCUT2D eigenvalue weighted by Gasteiger charge is -2.32. The third-order valence-electron chi connectivity index (χ3n) is 3.56. The second kappa shape index (κ2) is 8.63. The average molecular weight is 340 g/mol. The largest absolute Gasteiger partial charge is 0.550 e. The van der Waals surface area contributed by atoms with Crippen LogP contribution in [0.2, 0.25) is 0 Å². The van der Waals surface area contributed by atoms with Gasteiger partial charge in [0.1, 0.15) is 0 Å². The molecule has 6 nitrogen and oxygen atoms in total. The van der Waals surface area contributed by atoms with Crippen LogP contribution in [-0.2, 0) is 19.1 Å². The number of esters is 1. The molecule has 2 aromatic rings. The first-order valence-corrected chi connectivity index (χ1v) is 7.84. The van der Waals surface area contributed by atoms with Gasteiger partial charge in [-0.05, 0) is 24.6 Å². The molecule has 0 radical (unpaired) electrons. The molecule has 1 atom stereocenters. The van der Waals surface area contributed by atoms with E-state index in [4.69, 9.17) is 4.74 Å². The minimum atomic E-state index is -1.33. The number of benzene rings is 2. The molecule has 0 saturated carbocycles. The number of carbonyl (C=O) groups is 3. The second-order valence-corrected chi connectivity index (χ2v) is 5.23. The van der Waals surface area contributed by atoms with E-state index in [1.807, 2.05) is 0 Å². The number of carboxylic acids is 1. The molecular weight excluding hydrogens is 322 g/mol. The van der Waals surface area contributed by atoms with Crippen molar-refractivity contribution in [2.75, 3.05) is 11.5 Å². The van der Waals surface area contributed by atoms with Gasteiger partial charge >= 0.3 is 11.9 Å². The quantitative estimate of drug-likeness (QED) is 0.587. The van der Waals surface area contributed by atoms with Gasteiger partial charge in [-0.15, -0.1) is 0 Å². The summed E-state index contributed by atoms with van der Waals surface area (Å²) in [5.41, 5.74) is 0.976. The van der Waals surface area contributed by atoms with E-state index in [1.54, 1.807) is 67.6 Å². The maximum absolute atomic E-state index is 12.7. The van der Waals surface area contributed by atoms with Crippen LogP contribution in [0.3, 0.4) is 0 Å². The minimum absolute atomic E-state index is 0.0453. The number of amides is 1.